The van der Waals surface area contributed by atoms with Gasteiger partial charge in [-0.25, -0.2) is 14.4 Å². The Hall–Kier alpha value is -3.63. The first-order valence-corrected chi connectivity index (χ1v) is 9.79. The molecule has 2 atom stereocenters. The number of benzene rings is 1. The monoisotopic (exact) mass is 452 g/mol. The van der Waals surface area contributed by atoms with Gasteiger partial charge in [0.1, 0.15) is 18.7 Å². The largest absolute Gasteiger partial charge is 0.469 e. The molecule has 0 radical (unpaired) electrons. The molecule has 0 bridgehead atoms. The van der Waals surface area contributed by atoms with Gasteiger partial charge in [0.05, 0.1) is 21.3 Å². The fourth-order valence-corrected chi connectivity index (χ4v) is 2.60. The molecular formula is C21H28N2O9. The van der Waals surface area contributed by atoms with Crippen LogP contribution in [0.1, 0.15) is 31.2 Å². The van der Waals surface area contributed by atoms with E-state index in [1.54, 1.807) is 24.3 Å². The van der Waals surface area contributed by atoms with Gasteiger partial charge in [0.2, 0.25) is 5.91 Å². The van der Waals surface area contributed by atoms with E-state index in [0.29, 0.717) is 0 Å². The Kier molecular flexibility index (Phi) is 11.9. The molecule has 11 nitrogen and oxygen atoms in total. The number of nitrogens with one attached hydrogen (secondary N) is 2. The first-order chi connectivity index (χ1) is 15.3. The zero-order valence-electron chi connectivity index (χ0n) is 18.3. The number of rotatable bonds is 12. The Morgan fingerprint density at radius 2 is 1.34 bits per heavy atom. The predicted molar refractivity (Wildman–Crippen MR) is 110 cm³/mol. The van der Waals surface area contributed by atoms with Crippen LogP contribution < -0.4 is 10.6 Å². The summed E-state index contributed by atoms with van der Waals surface area (Å²) in [6.45, 7) is 0.00204. The molecule has 0 aliphatic heterocycles. The molecule has 1 aromatic rings. The highest BCUT2D eigenvalue weighted by Crippen LogP contribution is 2.06. The minimum atomic E-state index is -1.14. The van der Waals surface area contributed by atoms with Crippen molar-refractivity contribution in [3.05, 3.63) is 35.9 Å². The highest BCUT2D eigenvalue weighted by molar-refractivity contribution is 5.86. The fourth-order valence-electron chi connectivity index (χ4n) is 2.60. The van der Waals surface area contributed by atoms with Gasteiger partial charge in [-0.3, -0.25) is 9.59 Å². The number of amides is 2. The van der Waals surface area contributed by atoms with Crippen LogP contribution in [0.4, 0.5) is 4.79 Å². The van der Waals surface area contributed by atoms with Crippen molar-refractivity contribution in [1.29, 1.82) is 0 Å². The van der Waals surface area contributed by atoms with Crippen LogP contribution in [0.15, 0.2) is 30.3 Å². The number of esters is 3. The van der Waals surface area contributed by atoms with Gasteiger partial charge in [0, 0.05) is 12.8 Å². The maximum Gasteiger partial charge on any atom is 0.408 e. The number of hydrogen-bond donors (Lipinski definition) is 2. The van der Waals surface area contributed by atoms with Crippen molar-refractivity contribution in [3.8, 4) is 0 Å². The molecule has 0 saturated heterocycles. The van der Waals surface area contributed by atoms with Gasteiger partial charge >= 0.3 is 24.0 Å². The molecule has 1 aromatic carbocycles. The molecule has 0 aromatic heterocycles. The Bertz CT molecular complexity index is 783. The van der Waals surface area contributed by atoms with E-state index in [9.17, 15) is 24.0 Å². The fraction of sp³-hybridized carbons (Fsp3) is 0.476. The molecule has 176 valence electrons. The first-order valence-electron chi connectivity index (χ1n) is 9.79. The topological polar surface area (TPSA) is 146 Å². The van der Waals surface area contributed by atoms with Crippen molar-refractivity contribution in [1.82, 2.24) is 10.6 Å². The van der Waals surface area contributed by atoms with E-state index in [0.717, 1.165) is 19.8 Å². The minimum absolute atomic E-state index is 0.00204. The smallest absolute Gasteiger partial charge is 0.408 e. The van der Waals surface area contributed by atoms with Crippen molar-refractivity contribution >= 4 is 29.9 Å². The Morgan fingerprint density at radius 1 is 0.781 bits per heavy atom. The molecule has 11 heteroatoms. The van der Waals surface area contributed by atoms with Crippen LogP contribution >= 0.6 is 0 Å². The van der Waals surface area contributed by atoms with Gasteiger partial charge in [0.25, 0.3) is 0 Å². The summed E-state index contributed by atoms with van der Waals surface area (Å²) < 4.78 is 18.9. The van der Waals surface area contributed by atoms with Crippen molar-refractivity contribution in [2.45, 2.75) is 44.4 Å². The second kappa shape index (κ2) is 14.4. The summed E-state index contributed by atoms with van der Waals surface area (Å²) in [6.07, 6.45) is -1.30. The Labute approximate surface area is 185 Å². The van der Waals surface area contributed by atoms with Gasteiger partial charge in [-0.2, -0.15) is 0 Å². The van der Waals surface area contributed by atoms with Gasteiger partial charge in [0.15, 0.2) is 0 Å². The second-order valence-corrected chi connectivity index (χ2v) is 6.58. The summed E-state index contributed by atoms with van der Waals surface area (Å²) in [5.41, 5.74) is 0.762. The number of alkyl carbamates (subject to hydrolysis) is 1. The van der Waals surface area contributed by atoms with Crippen LogP contribution in [0.2, 0.25) is 0 Å². The number of ether oxygens (including phenoxy) is 4. The minimum Gasteiger partial charge on any atom is -0.469 e. The van der Waals surface area contributed by atoms with E-state index >= 15 is 0 Å². The van der Waals surface area contributed by atoms with Crippen LogP contribution in [-0.2, 0) is 44.7 Å². The van der Waals surface area contributed by atoms with Crippen LogP contribution in [0.25, 0.3) is 0 Å². The Balaban J connectivity index is 2.59. The van der Waals surface area contributed by atoms with E-state index in [1.807, 2.05) is 6.07 Å². The summed E-state index contributed by atoms with van der Waals surface area (Å²) in [6, 6.07) is 6.74. The van der Waals surface area contributed by atoms with Gasteiger partial charge in [-0.15, -0.1) is 0 Å². The molecule has 0 heterocycles. The molecule has 2 amide bonds. The third-order valence-corrected chi connectivity index (χ3v) is 4.34. The van der Waals surface area contributed by atoms with Gasteiger partial charge in [-0.05, 0) is 18.4 Å². The molecule has 2 N–H and O–H groups in total. The zero-order chi connectivity index (χ0) is 23.9. The normalized spacial score (nSPS) is 12.0. The molecule has 0 aliphatic carbocycles. The van der Waals surface area contributed by atoms with E-state index in [4.69, 9.17) is 4.74 Å². The quantitative estimate of drug-likeness (QED) is 0.348. The maximum absolute atomic E-state index is 12.3. The highest BCUT2D eigenvalue weighted by atomic mass is 16.6. The van der Waals surface area contributed by atoms with Crippen LogP contribution in [0, 0.1) is 0 Å². The van der Waals surface area contributed by atoms with E-state index in [-0.39, 0.29) is 32.3 Å². The average Bonchev–Trinajstić information content (AvgIpc) is 2.82. The Morgan fingerprint density at radius 3 is 1.91 bits per heavy atom. The third-order valence-electron chi connectivity index (χ3n) is 4.34. The molecule has 0 unspecified atom stereocenters. The number of carbonyl (C=O) groups excluding carboxylic acids is 5. The third kappa shape index (κ3) is 9.92. The summed E-state index contributed by atoms with van der Waals surface area (Å²) >= 11 is 0. The zero-order valence-corrected chi connectivity index (χ0v) is 18.3. The van der Waals surface area contributed by atoms with Gasteiger partial charge in [-0.1, -0.05) is 30.3 Å². The van der Waals surface area contributed by atoms with E-state index in [2.05, 4.69) is 24.8 Å². The molecular weight excluding hydrogens is 424 g/mol. The number of hydrogen-bond acceptors (Lipinski definition) is 9. The van der Waals surface area contributed by atoms with Crippen molar-refractivity contribution in [2.24, 2.45) is 0 Å². The van der Waals surface area contributed by atoms with Crippen LogP contribution in [0.3, 0.4) is 0 Å². The molecule has 32 heavy (non-hydrogen) atoms. The van der Waals surface area contributed by atoms with Crippen molar-refractivity contribution < 1.29 is 42.9 Å². The number of methoxy groups -OCH3 is 3. The van der Waals surface area contributed by atoms with Gasteiger partial charge < -0.3 is 29.6 Å². The molecule has 1 rings (SSSR count). The lowest BCUT2D eigenvalue weighted by atomic mass is 10.1. The first kappa shape index (κ1) is 26.4. The molecule has 0 spiro atoms. The molecule has 0 fully saturated rings. The molecule has 0 aliphatic rings. The molecule has 0 saturated carbocycles. The second-order valence-electron chi connectivity index (χ2n) is 6.58. The predicted octanol–water partition coefficient (Wildman–Crippen LogP) is 0.846. The standard InChI is InChI=1S/C21H28N2O9/c1-29-18(25)12-10-15(19(26)30-2)22-17(24)11-9-16(20(27)31-3)23-21(28)32-13-14-7-5-4-6-8-14/h4-8,15-16H,9-13H2,1-3H3,(H,22,24)(H,23,28)/t15-,16-/m0/s1. The van der Waals surface area contributed by atoms with Crippen molar-refractivity contribution in [2.75, 3.05) is 21.3 Å². The van der Waals surface area contributed by atoms with E-state index < -0.39 is 42.0 Å². The average molecular weight is 452 g/mol. The lowest BCUT2D eigenvalue weighted by molar-refractivity contribution is -0.147. The van der Waals surface area contributed by atoms with E-state index in [1.165, 1.54) is 7.11 Å². The lowest BCUT2D eigenvalue weighted by Crippen LogP contribution is -2.44. The van der Waals surface area contributed by atoms with Crippen molar-refractivity contribution in [3.63, 3.8) is 0 Å². The maximum atomic E-state index is 12.3. The summed E-state index contributed by atoms with van der Waals surface area (Å²) in [4.78, 5) is 59.4. The van der Waals surface area contributed by atoms with Crippen LogP contribution in [-0.4, -0.2) is 63.3 Å². The summed E-state index contributed by atoms with van der Waals surface area (Å²) in [5, 5.41) is 4.80. The summed E-state index contributed by atoms with van der Waals surface area (Å²) in [5.74, 6) is -2.62. The number of carbonyl (C=O) groups is 5. The highest BCUT2D eigenvalue weighted by Gasteiger charge is 2.26. The van der Waals surface area contributed by atoms with Crippen LogP contribution in [0.5, 0.6) is 0 Å². The summed E-state index contributed by atoms with van der Waals surface area (Å²) in [7, 11) is 3.50. The lowest BCUT2D eigenvalue weighted by Gasteiger charge is -2.18. The SMILES string of the molecule is COC(=O)CC[C@H](NC(=O)CC[C@H](NC(=O)OCc1ccccc1)C(=O)OC)C(=O)OC.